The maximum absolute atomic E-state index is 11.7. The summed E-state index contributed by atoms with van der Waals surface area (Å²) in [5.41, 5.74) is 5.42. The van der Waals surface area contributed by atoms with E-state index in [2.05, 4.69) is 12.2 Å². The van der Waals surface area contributed by atoms with Crippen molar-refractivity contribution in [3.05, 3.63) is 0 Å². The summed E-state index contributed by atoms with van der Waals surface area (Å²) >= 11 is 0. The lowest BCUT2D eigenvalue weighted by Gasteiger charge is -2.36. The third kappa shape index (κ3) is 1.78. The lowest BCUT2D eigenvalue weighted by molar-refractivity contribution is -0.129. The summed E-state index contributed by atoms with van der Waals surface area (Å²) in [4.78, 5) is 11.7. The molecule has 0 aromatic rings. The maximum Gasteiger partial charge on any atom is 0.240 e. The van der Waals surface area contributed by atoms with E-state index in [1.165, 1.54) is 12.8 Å². The first-order valence-electron chi connectivity index (χ1n) is 5.75. The van der Waals surface area contributed by atoms with Gasteiger partial charge in [-0.3, -0.25) is 4.79 Å². The van der Waals surface area contributed by atoms with Crippen LogP contribution in [0, 0.1) is 5.92 Å². The normalized spacial score (nSPS) is 33.3. The Bertz CT molecular complexity index is 235. The molecule has 2 aliphatic carbocycles. The summed E-state index contributed by atoms with van der Waals surface area (Å²) in [5.74, 6) is 0.819. The third-order valence-corrected chi connectivity index (χ3v) is 3.60. The molecule has 2 unspecified atom stereocenters. The molecule has 3 nitrogen and oxygen atoms in total. The van der Waals surface area contributed by atoms with E-state index in [0.717, 1.165) is 31.6 Å². The highest BCUT2D eigenvalue weighted by Gasteiger charge is 2.44. The first-order valence-corrected chi connectivity index (χ1v) is 5.75. The highest BCUT2D eigenvalue weighted by Crippen LogP contribution is 2.36. The van der Waals surface area contributed by atoms with E-state index in [4.69, 9.17) is 5.73 Å². The van der Waals surface area contributed by atoms with E-state index in [0.29, 0.717) is 6.04 Å². The second-order valence-electron chi connectivity index (χ2n) is 4.87. The van der Waals surface area contributed by atoms with Crippen LogP contribution in [0.15, 0.2) is 0 Å². The van der Waals surface area contributed by atoms with Gasteiger partial charge in [0.1, 0.15) is 0 Å². The Morgan fingerprint density at radius 1 is 1.57 bits per heavy atom. The molecule has 0 aliphatic heterocycles. The summed E-state index contributed by atoms with van der Waals surface area (Å²) in [6.45, 7) is 2.19. The van der Waals surface area contributed by atoms with Gasteiger partial charge in [0, 0.05) is 6.04 Å². The molecular weight excluding hydrogens is 176 g/mol. The summed E-state index contributed by atoms with van der Waals surface area (Å²) in [7, 11) is 0. The second kappa shape index (κ2) is 3.54. The second-order valence-corrected chi connectivity index (χ2v) is 4.87. The number of nitrogens with two attached hydrogens (primary N) is 1. The van der Waals surface area contributed by atoms with Gasteiger partial charge in [0.05, 0.1) is 5.54 Å². The minimum atomic E-state index is -0.515. The van der Waals surface area contributed by atoms with Crippen LogP contribution in [-0.4, -0.2) is 17.5 Å². The third-order valence-electron chi connectivity index (χ3n) is 3.60. The zero-order valence-electron chi connectivity index (χ0n) is 8.88. The summed E-state index contributed by atoms with van der Waals surface area (Å²) in [5, 5.41) is 3.07. The largest absolute Gasteiger partial charge is 0.351 e. The molecule has 0 aromatic heterocycles. The van der Waals surface area contributed by atoms with Gasteiger partial charge in [-0.1, -0.05) is 13.3 Å². The maximum atomic E-state index is 11.7. The average molecular weight is 196 g/mol. The Labute approximate surface area is 85.4 Å². The summed E-state index contributed by atoms with van der Waals surface area (Å²) < 4.78 is 0. The summed E-state index contributed by atoms with van der Waals surface area (Å²) in [6.07, 6.45) is 6.45. The molecule has 2 rings (SSSR count). The topological polar surface area (TPSA) is 55.1 Å². The Hall–Kier alpha value is -0.570. The molecular formula is C11H20N2O. The van der Waals surface area contributed by atoms with Crippen molar-refractivity contribution in [1.29, 1.82) is 0 Å². The van der Waals surface area contributed by atoms with Gasteiger partial charge in [0.2, 0.25) is 5.91 Å². The van der Waals surface area contributed by atoms with E-state index < -0.39 is 5.54 Å². The van der Waals surface area contributed by atoms with Crippen LogP contribution in [0.2, 0.25) is 0 Å². The predicted molar refractivity (Wildman–Crippen MR) is 55.7 cm³/mol. The first-order chi connectivity index (χ1) is 6.65. The van der Waals surface area contributed by atoms with Crippen LogP contribution in [0.4, 0.5) is 0 Å². The van der Waals surface area contributed by atoms with E-state index in [1.807, 2.05) is 0 Å². The van der Waals surface area contributed by atoms with E-state index in [1.54, 1.807) is 0 Å². The molecule has 0 spiro atoms. The van der Waals surface area contributed by atoms with Crippen molar-refractivity contribution in [2.24, 2.45) is 11.7 Å². The van der Waals surface area contributed by atoms with Crippen molar-refractivity contribution in [2.45, 2.75) is 57.0 Å². The Kier molecular flexibility index (Phi) is 2.52. The van der Waals surface area contributed by atoms with Gasteiger partial charge < -0.3 is 11.1 Å². The number of amides is 1. The number of carbonyl (C=O) groups excluding carboxylic acids is 1. The van der Waals surface area contributed by atoms with E-state index >= 15 is 0 Å². The zero-order chi connectivity index (χ0) is 10.2. The van der Waals surface area contributed by atoms with E-state index in [-0.39, 0.29) is 5.91 Å². The molecule has 2 aliphatic rings. The SMILES string of the molecule is CCCC1CC1NC(=O)C1(N)CCC1. The minimum Gasteiger partial charge on any atom is -0.351 e. The monoisotopic (exact) mass is 196 g/mol. The molecule has 80 valence electrons. The molecule has 0 heterocycles. The highest BCUT2D eigenvalue weighted by atomic mass is 16.2. The predicted octanol–water partition coefficient (Wildman–Crippen LogP) is 1.17. The lowest BCUT2D eigenvalue weighted by atomic mass is 9.77. The van der Waals surface area contributed by atoms with Gasteiger partial charge >= 0.3 is 0 Å². The summed E-state index contributed by atoms with van der Waals surface area (Å²) in [6, 6.07) is 0.434. The standard InChI is InChI=1S/C11H20N2O/c1-2-4-8-7-9(8)13-10(14)11(12)5-3-6-11/h8-9H,2-7,12H2,1H3,(H,13,14). The number of hydrogen-bond acceptors (Lipinski definition) is 2. The van der Waals surface area contributed by atoms with Crippen LogP contribution in [0.5, 0.6) is 0 Å². The molecule has 0 aromatic carbocycles. The van der Waals surface area contributed by atoms with Gasteiger partial charge in [0.15, 0.2) is 0 Å². The van der Waals surface area contributed by atoms with Gasteiger partial charge in [-0.05, 0) is 38.0 Å². The van der Waals surface area contributed by atoms with Gasteiger partial charge in [-0.15, -0.1) is 0 Å². The molecule has 2 fully saturated rings. The van der Waals surface area contributed by atoms with Crippen LogP contribution in [-0.2, 0) is 4.79 Å². The van der Waals surface area contributed by atoms with Crippen LogP contribution in [0.1, 0.15) is 45.4 Å². The van der Waals surface area contributed by atoms with Crippen molar-refractivity contribution in [1.82, 2.24) is 5.32 Å². The molecule has 14 heavy (non-hydrogen) atoms. The van der Waals surface area contributed by atoms with Gasteiger partial charge in [-0.25, -0.2) is 0 Å². The first kappa shape index (κ1) is 9.97. The van der Waals surface area contributed by atoms with Crippen LogP contribution >= 0.6 is 0 Å². The number of carbonyl (C=O) groups is 1. The lowest BCUT2D eigenvalue weighted by Crippen LogP contribution is -2.59. The quantitative estimate of drug-likeness (QED) is 0.709. The fourth-order valence-electron chi connectivity index (χ4n) is 2.21. The van der Waals surface area contributed by atoms with Gasteiger partial charge in [-0.2, -0.15) is 0 Å². The fraction of sp³-hybridized carbons (Fsp3) is 0.909. The Morgan fingerprint density at radius 2 is 2.29 bits per heavy atom. The van der Waals surface area contributed by atoms with Crippen molar-refractivity contribution in [3.8, 4) is 0 Å². The minimum absolute atomic E-state index is 0.0901. The molecule has 0 saturated heterocycles. The molecule has 1 amide bonds. The number of rotatable bonds is 4. The average Bonchev–Trinajstić information content (AvgIpc) is 2.80. The van der Waals surface area contributed by atoms with Crippen molar-refractivity contribution >= 4 is 5.91 Å². The molecule has 2 atom stereocenters. The van der Waals surface area contributed by atoms with Crippen LogP contribution in [0.25, 0.3) is 0 Å². The Balaban J connectivity index is 1.74. The van der Waals surface area contributed by atoms with Crippen molar-refractivity contribution in [2.75, 3.05) is 0 Å². The number of nitrogens with one attached hydrogen (secondary N) is 1. The van der Waals surface area contributed by atoms with E-state index in [9.17, 15) is 4.79 Å². The molecule has 3 N–H and O–H groups in total. The van der Waals surface area contributed by atoms with Crippen molar-refractivity contribution in [3.63, 3.8) is 0 Å². The van der Waals surface area contributed by atoms with Gasteiger partial charge in [0.25, 0.3) is 0 Å². The Morgan fingerprint density at radius 3 is 2.79 bits per heavy atom. The van der Waals surface area contributed by atoms with Crippen molar-refractivity contribution < 1.29 is 4.79 Å². The molecule has 0 bridgehead atoms. The molecule has 3 heteroatoms. The molecule has 0 radical (unpaired) electrons. The highest BCUT2D eigenvalue weighted by molar-refractivity contribution is 5.87. The number of hydrogen-bond donors (Lipinski definition) is 2. The fourth-order valence-corrected chi connectivity index (χ4v) is 2.21. The van der Waals surface area contributed by atoms with Crippen LogP contribution < -0.4 is 11.1 Å². The van der Waals surface area contributed by atoms with Crippen LogP contribution in [0.3, 0.4) is 0 Å². The molecule has 2 saturated carbocycles. The zero-order valence-corrected chi connectivity index (χ0v) is 8.88. The smallest absolute Gasteiger partial charge is 0.240 e.